The van der Waals surface area contributed by atoms with Crippen molar-refractivity contribution in [3.8, 4) is 0 Å². The number of aromatic nitrogens is 2. The van der Waals surface area contributed by atoms with E-state index in [9.17, 15) is 0 Å². The van der Waals surface area contributed by atoms with Crippen molar-refractivity contribution in [2.24, 2.45) is 13.0 Å². The third kappa shape index (κ3) is 6.66. The average Bonchev–Trinajstić information content (AvgIpc) is 2.60. The van der Waals surface area contributed by atoms with Crippen molar-refractivity contribution >= 4 is 12.4 Å². The molecule has 17 heavy (non-hydrogen) atoms. The van der Waals surface area contributed by atoms with Crippen LogP contribution in [-0.4, -0.2) is 28.8 Å². The zero-order chi connectivity index (χ0) is 12.0. The second-order valence-electron chi connectivity index (χ2n) is 4.67. The summed E-state index contributed by atoms with van der Waals surface area (Å²) in [5.41, 5.74) is 0. The predicted octanol–water partition coefficient (Wildman–Crippen LogP) is 1.99. The summed E-state index contributed by atoms with van der Waals surface area (Å²) < 4.78 is 7.59. The summed E-state index contributed by atoms with van der Waals surface area (Å²) in [5, 5.41) is 3.39. The van der Waals surface area contributed by atoms with Crippen LogP contribution in [0.15, 0.2) is 12.4 Å². The van der Waals surface area contributed by atoms with E-state index in [1.165, 1.54) is 0 Å². The van der Waals surface area contributed by atoms with Crippen LogP contribution in [0.2, 0.25) is 0 Å². The second-order valence-corrected chi connectivity index (χ2v) is 4.67. The van der Waals surface area contributed by atoms with Crippen LogP contribution < -0.4 is 5.32 Å². The van der Waals surface area contributed by atoms with Gasteiger partial charge in [0.1, 0.15) is 5.82 Å². The van der Waals surface area contributed by atoms with Crippen LogP contribution in [0.4, 0.5) is 0 Å². The number of nitrogens with one attached hydrogen (secondary N) is 1. The van der Waals surface area contributed by atoms with E-state index in [0.29, 0.717) is 12.0 Å². The monoisotopic (exact) mass is 261 g/mol. The molecule has 0 aliphatic carbocycles. The SMILES string of the molecule is CC(C)COCC(C)NCc1nccn1C.Cl. The number of hydrogen-bond donors (Lipinski definition) is 1. The molecular formula is C12H24ClN3O. The highest BCUT2D eigenvalue weighted by Crippen LogP contribution is 1.96. The van der Waals surface area contributed by atoms with E-state index in [-0.39, 0.29) is 12.4 Å². The van der Waals surface area contributed by atoms with Crippen LogP contribution in [0.5, 0.6) is 0 Å². The minimum Gasteiger partial charge on any atom is -0.380 e. The van der Waals surface area contributed by atoms with Crippen LogP contribution in [0.3, 0.4) is 0 Å². The van der Waals surface area contributed by atoms with Gasteiger partial charge in [0.15, 0.2) is 0 Å². The first-order valence-corrected chi connectivity index (χ1v) is 5.87. The van der Waals surface area contributed by atoms with Gasteiger partial charge in [-0.1, -0.05) is 13.8 Å². The molecule has 0 aliphatic rings. The highest BCUT2D eigenvalue weighted by molar-refractivity contribution is 5.85. The van der Waals surface area contributed by atoms with Crippen LogP contribution in [0, 0.1) is 5.92 Å². The summed E-state index contributed by atoms with van der Waals surface area (Å²) in [6.45, 7) is 8.81. The maximum atomic E-state index is 5.57. The fourth-order valence-corrected chi connectivity index (χ4v) is 1.37. The highest BCUT2D eigenvalue weighted by atomic mass is 35.5. The molecule has 0 aromatic carbocycles. The van der Waals surface area contributed by atoms with E-state index in [0.717, 1.165) is 25.6 Å². The van der Waals surface area contributed by atoms with Gasteiger partial charge in [-0.3, -0.25) is 0 Å². The lowest BCUT2D eigenvalue weighted by Gasteiger charge is -2.15. The van der Waals surface area contributed by atoms with E-state index < -0.39 is 0 Å². The van der Waals surface area contributed by atoms with Gasteiger partial charge in [0.05, 0.1) is 13.2 Å². The van der Waals surface area contributed by atoms with Gasteiger partial charge in [0.25, 0.3) is 0 Å². The first kappa shape index (κ1) is 16.4. The quantitative estimate of drug-likeness (QED) is 0.816. The average molecular weight is 262 g/mol. The van der Waals surface area contributed by atoms with Gasteiger partial charge in [-0.2, -0.15) is 0 Å². The zero-order valence-corrected chi connectivity index (χ0v) is 12.0. The molecule has 100 valence electrons. The summed E-state index contributed by atoms with van der Waals surface area (Å²) in [6.07, 6.45) is 3.77. The van der Waals surface area contributed by atoms with Crippen molar-refractivity contribution < 1.29 is 4.74 Å². The fourth-order valence-electron chi connectivity index (χ4n) is 1.37. The number of aryl methyl sites for hydroxylation is 1. The van der Waals surface area contributed by atoms with Gasteiger partial charge in [0, 0.05) is 32.1 Å². The molecule has 1 aromatic heterocycles. The number of nitrogens with zero attached hydrogens (tertiary/aromatic N) is 2. The topological polar surface area (TPSA) is 39.1 Å². The van der Waals surface area contributed by atoms with Crippen molar-refractivity contribution in [2.75, 3.05) is 13.2 Å². The predicted molar refractivity (Wildman–Crippen MR) is 72.4 cm³/mol. The van der Waals surface area contributed by atoms with Crippen molar-refractivity contribution in [1.82, 2.24) is 14.9 Å². The van der Waals surface area contributed by atoms with Crippen LogP contribution in [0.25, 0.3) is 0 Å². The number of halogens is 1. The van der Waals surface area contributed by atoms with E-state index >= 15 is 0 Å². The molecule has 1 heterocycles. The Morgan fingerprint density at radius 2 is 2.06 bits per heavy atom. The Morgan fingerprint density at radius 3 is 2.59 bits per heavy atom. The van der Waals surface area contributed by atoms with Crippen LogP contribution >= 0.6 is 12.4 Å². The molecule has 1 atom stereocenters. The number of hydrogen-bond acceptors (Lipinski definition) is 3. The first-order chi connectivity index (χ1) is 7.59. The van der Waals surface area contributed by atoms with Gasteiger partial charge >= 0.3 is 0 Å². The summed E-state index contributed by atoms with van der Waals surface area (Å²) in [7, 11) is 2.00. The molecule has 0 saturated carbocycles. The standard InChI is InChI=1S/C12H23N3O.ClH/c1-10(2)8-16-9-11(3)14-7-12-13-5-6-15(12)4;/h5-6,10-11,14H,7-9H2,1-4H3;1H. The van der Waals surface area contributed by atoms with E-state index in [4.69, 9.17) is 4.74 Å². The zero-order valence-electron chi connectivity index (χ0n) is 11.1. The summed E-state index contributed by atoms with van der Waals surface area (Å²) in [4.78, 5) is 4.26. The third-order valence-electron chi connectivity index (χ3n) is 2.35. The Bertz CT molecular complexity index is 302. The second kappa shape index (κ2) is 8.50. The molecule has 0 saturated heterocycles. The van der Waals surface area contributed by atoms with Crippen molar-refractivity contribution in [3.05, 3.63) is 18.2 Å². The fraction of sp³-hybridized carbons (Fsp3) is 0.750. The molecule has 1 rings (SSSR count). The van der Waals surface area contributed by atoms with Gasteiger partial charge in [-0.25, -0.2) is 4.98 Å². The molecule has 0 aliphatic heterocycles. The molecule has 0 radical (unpaired) electrons. The minimum absolute atomic E-state index is 0. The van der Waals surface area contributed by atoms with E-state index in [1.54, 1.807) is 0 Å². The number of imidazole rings is 1. The van der Waals surface area contributed by atoms with Crippen molar-refractivity contribution in [1.29, 1.82) is 0 Å². The summed E-state index contributed by atoms with van der Waals surface area (Å²) in [6, 6.07) is 0.357. The van der Waals surface area contributed by atoms with E-state index in [1.807, 2.05) is 24.0 Å². The van der Waals surface area contributed by atoms with Crippen molar-refractivity contribution in [2.45, 2.75) is 33.4 Å². The summed E-state index contributed by atoms with van der Waals surface area (Å²) in [5.74, 6) is 1.65. The molecule has 5 heteroatoms. The highest BCUT2D eigenvalue weighted by Gasteiger charge is 2.04. The lowest BCUT2D eigenvalue weighted by molar-refractivity contribution is 0.0933. The molecule has 4 nitrogen and oxygen atoms in total. The van der Waals surface area contributed by atoms with Gasteiger partial charge in [0.2, 0.25) is 0 Å². The Hall–Kier alpha value is -0.580. The number of ether oxygens (including phenoxy) is 1. The number of rotatable bonds is 7. The molecule has 0 fully saturated rings. The minimum atomic E-state index is 0. The Kier molecular flexibility index (Phi) is 8.21. The molecular weight excluding hydrogens is 238 g/mol. The van der Waals surface area contributed by atoms with Crippen LogP contribution in [-0.2, 0) is 18.3 Å². The molecule has 1 unspecified atom stereocenters. The lowest BCUT2D eigenvalue weighted by atomic mass is 10.2. The third-order valence-corrected chi connectivity index (χ3v) is 2.35. The molecule has 0 spiro atoms. The smallest absolute Gasteiger partial charge is 0.122 e. The van der Waals surface area contributed by atoms with E-state index in [2.05, 4.69) is 31.1 Å². The maximum absolute atomic E-state index is 5.57. The maximum Gasteiger partial charge on any atom is 0.122 e. The lowest BCUT2D eigenvalue weighted by Crippen LogP contribution is -2.31. The molecule has 1 aromatic rings. The van der Waals surface area contributed by atoms with Gasteiger partial charge in [-0.05, 0) is 12.8 Å². The molecule has 1 N–H and O–H groups in total. The Morgan fingerprint density at radius 1 is 1.35 bits per heavy atom. The Balaban J connectivity index is 0.00000256. The van der Waals surface area contributed by atoms with Crippen molar-refractivity contribution in [3.63, 3.8) is 0 Å². The molecule has 0 amide bonds. The van der Waals surface area contributed by atoms with Gasteiger partial charge < -0.3 is 14.6 Å². The first-order valence-electron chi connectivity index (χ1n) is 5.87. The summed E-state index contributed by atoms with van der Waals surface area (Å²) >= 11 is 0. The largest absolute Gasteiger partial charge is 0.380 e. The van der Waals surface area contributed by atoms with Crippen LogP contribution in [0.1, 0.15) is 26.6 Å². The Labute approximate surface area is 110 Å². The van der Waals surface area contributed by atoms with Gasteiger partial charge in [-0.15, -0.1) is 12.4 Å². The normalized spacial score (nSPS) is 12.5. The molecule has 0 bridgehead atoms.